The molecule has 0 bridgehead atoms. The van der Waals surface area contributed by atoms with Crippen LogP contribution >= 0.6 is 23.4 Å². The number of aliphatic carboxylic acids is 1. The van der Waals surface area contributed by atoms with Gasteiger partial charge in [0, 0.05) is 29.9 Å². The first-order valence-corrected chi connectivity index (χ1v) is 15.7. The first-order valence-electron chi connectivity index (χ1n) is 14.5. The number of rotatable bonds is 7. The number of fused-ring (bicyclic) bond motifs is 2. The van der Waals surface area contributed by atoms with Gasteiger partial charge in [-0.1, -0.05) is 61.2 Å². The average Bonchev–Trinajstić information content (AvgIpc) is 3.55. The fourth-order valence-corrected chi connectivity index (χ4v) is 7.58. The molecule has 2 aliphatic rings. The molecule has 11 nitrogen and oxygen atoms in total. The van der Waals surface area contributed by atoms with Crippen LogP contribution < -0.4 is 26.8 Å². The number of oxazole rings is 1. The Morgan fingerprint density at radius 3 is 2.43 bits per heavy atom. The molecule has 1 unspecified atom stereocenters. The summed E-state index contributed by atoms with van der Waals surface area (Å²) in [5, 5.41) is 7.70. The lowest BCUT2D eigenvalue weighted by Crippen LogP contribution is -2.47. The van der Waals surface area contributed by atoms with Crippen LogP contribution in [0.15, 0.2) is 62.5 Å². The molecule has 6 rings (SSSR count). The number of halogens is 4. The van der Waals surface area contributed by atoms with Crippen molar-refractivity contribution < 1.29 is 27.5 Å². The smallest absolute Gasteiger partial charge is 0.475 e. The topological polar surface area (TPSA) is 151 Å². The molecule has 1 aliphatic carbocycles. The lowest BCUT2D eigenvalue weighted by Gasteiger charge is -2.42. The highest BCUT2D eigenvalue weighted by Crippen LogP contribution is 2.49. The number of nitrogens with zero attached hydrogens (tertiary/aromatic N) is 4. The number of nitrogens with two attached hydrogens (primary N) is 1. The number of H-pyrrole nitrogens is 1. The van der Waals surface area contributed by atoms with Crippen molar-refractivity contribution in [3.05, 3.63) is 85.8 Å². The molecule has 0 spiro atoms. The fourth-order valence-electron chi connectivity index (χ4n) is 5.74. The molecular weight excluding hydrogens is 649 g/mol. The van der Waals surface area contributed by atoms with Gasteiger partial charge in [-0.15, -0.1) is 11.8 Å². The molecule has 1 atom stereocenters. The first-order chi connectivity index (χ1) is 21.8. The number of carbonyl (C=O) groups is 1. The van der Waals surface area contributed by atoms with Gasteiger partial charge in [0.2, 0.25) is 5.89 Å². The Morgan fingerprint density at radius 2 is 1.80 bits per heavy atom. The maximum absolute atomic E-state index is 13.4. The third kappa shape index (κ3) is 7.05. The molecule has 0 saturated heterocycles. The Labute approximate surface area is 270 Å². The van der Waals surface area contributed by atoms with Crippen LogP contribution in [0.2, 0.25) is 5.02 Å². The summed E-state index contributed by atoms with van der Waals surface area (Å²) >= 11 is 7.98. The number of aromatic amines is 1. The highest BCUT2D eigenvalue weighted by Gasteiger charge is 2.46. The Balaban J connectivity index is 0.000000537. The van der Waals surface area contributed by atoms with E-state index in [4.69, 9.17) is 36.6 Å². The van der Waals surface area contributed by atoms with Crippen molar-refractivity contribution in [2.24, 2.45) is 12.8 Å². The lowest BCUT2D eigenvalue weighted by atomic mass is 9.88. The highest BCUT2D eigenvalue weighted by atomic mass is 35.5. The molecule has 2 aromatic carbocycles. The van der Waals surface area contributed by atoms with E-state index in [2.05, 4.69) is 14.8 Å². The van der Waals surface area contributed by atoms with Gasteiger partial charge in [0.1, 0.15) is 17.0 Å². The summed E-state index contributed by atoms with van der Waals surface area (Å²) in [4.78, 5) is 46.5. The summed E-state index contributed by atoms with van der Waals surface area (Å²) < 4.78 is 39.2. The maximum atomic E-state index is 13.4. The zero-order chi connectivity index (χ0) is 33.2. The molecular formula is C30H32ClF3N6O5S. The molecule has 4 N–H and O–H groups in total. The average molecular weight is 681 g/mol. The summed E-state index contributed by atoms with van der Waals surface area (Å²) in [5.41, 5.74) is 8.06. The number of hydrogen-bond acceptors (Lipinski definition) is 9. The normalized spacial score (nSPS) is 17.5. The molecule has 16 heteroatoms. The molecule has 246 valence electrons. The van der Waals surface area contributed by atoms with E-state index in [9.17, 15) is 22.8 Å². The highest BCUT2D eigenvalue weighted by molar-refractivity contribution is 8.01. The number of carboxylic acid groups (broad SMARTS) is 1. The second-order valence-electron chi connectivity index (χ2n) is 11.1. The number of thioether (sulfide) groups is 1. The third-order valence-corrected chi connectivity index (χ3v) is 10.0. The van der Waals surface area contributed by atoms with Gasteiger partial charge in [-0.2, -0.15) is 13.2 Å². The summed E-state index contributed by atoms with van der Waals surface area (Å²) in [6, 6.07) is 15.4. The van der Waals surface area contributed by atoms with Crippen molar-refractivity contribution in [2.75, 3.05) is 16.3 Å². The van der Waals surface area contributed by atoms with E-state index in [-0.39, 0.29) is 16.8 Å². The van der Waals surface area contributed by atoms with Crippen LogP contribution in [-0.4, -0.2) is 48.6 Å². The standard InChI is InChI=1S/C28H31ClN6O3S.C2HF3O2/c1-33-25-23(24(36)32-26(33)37)34(15-18-8-4-2-5-9-18)27(39-28(17-30)12-6-3-7-13-28)35(25)16-22-31-20-14-19(29)10-11-21(20)38-22;3-2(4,5)1(6)7/h2,4-5,8-11,14,27H,3,6-7,12-13,15-17,30H2,1H3,(H,32,36,37);(H,6,7). The zero-order valence-electron chi connectivity index (χ0n) is 24.7. The van der Waals surface area contributed by atoms with Crippen molar-refractivity contribution in [1.82, 2.24) is 14.5 Å². The van der Waals surface area contributed by atoms with Gasteiger partial charge in [-0.3, -0.25) is 14.3 Å². The molecule has 2 aromatic heterocycles. The minimum Gasteiger partial charge on any atom is -0.475 e. The fraction of sp³-hybridized carbons (Fsp3) is 0.400. The van der Waals surface area contributed by atoms with Crippen LogP contribution in [0.25, 0.3) is 11.1 Å². The van der Waals surface area contributed by atoms with Crippen molar-refractivity contribution in [3.8, 4) is 0 Å². The summed E-state index contributed by atoms with van der Waals surface area (Å²) in [7, 11) is 1.68. The number of aromatic nitrogens is 3. The molecule has 46 heavy (non-hydrogen) atoms. The zero-order valence-corrected chi connectivity index (χ0v) is 26.3. The van der Waals surface area contributed by atoms with Gasteiger partial charge in [0.15, 0.2) is 11.1 Å². The van der Waals surface area contributed by atoms with E-state index in [1.807, 2.05) is 30.3 Å². The van der Waals surface area contributed by atoms with Crippen LogP contribution in [0.5, 0.6) is 0 Å². The number of hydrogen-bond donors (Lipinski definition) is 3. The molecule has 1 aliphatic heterocycles. The predicted molar refractivity (Wildman–Crippen MR) is 170 cm³/mol. The minimum absolute atomic E-state index is 0.140. The number of anilines is 2. The van der Waals surface area contributed by atoms with Crippen LogP contribution in [0, 0.1) is 0 Å². The summed E-state index contributed by atoms with van der Waals surface area (Å²) in [6.45, 7) is 1.29. The molecule has 1 fully saturated rings. The summed E-state index contributed by atoms with van der Waals surface area (Å²) in [5.74, 6) is -1.74. The Hall–Kier alpha value is -3.95. The number of nitrogens with one attached hydrogen (secondary N) is 1. The van der Waals surface area contributed by atoms with E-state index in [0.717, 1.165) is 31.2 Å². The molecule has 0 amide bonds. The van der Waals surface area contributed by atoms with Crippen molar-refractivity contribution >= 4 is 51.9 Å². The Bertz CT molecular complexity index is 1820. The number of carboxylic acids is 1. The van der Waals surface area contributed by atoms with Crippen LogP contribution in [0.3, 0.4) is 0 Å². The van der Waals surface area contributed by atoms with E-state index in [0.29, 0.717) is 46.6 Å². The quantitative estimate of drug-likeness (QED) is 0.237. The predicted octanol–water partition coefficient (Wildman–Crippen LogP) is 5.21. The SMILES string of the molecule is Cn1c2c(c(=O)[nH]c1=O)N(Cc1ccccc1)C(SC1(CN)CCCCC1)N2Cc1nc2cc(Cl)ccc2o1.O=C(O)C(F)(F)F. The number of alkyl halides is 3. The van der Waals surface area contributed by atoms with E-state index >= 15 is 0 Å². The van der Waals surface area contributed by atoms with Crippen molar-refractivity contribution in [2.45, 2.75) is 61.6 Å². The van der Waals surface area contributed by atoms with Crippen LogP contribution in [0.4, 0.5) is 24.7 Å². The van der Waals surface area contributed by atoms with Gasteiger partial charge in [0.25, 0.3) is 5.56 Å². The minimum atomic E-state index is -5.08. The second kappa shape index (κ2) is 13.4. The Morgan fingerprint density at radius 1 is 1.13 bits per heavy atom. The van der Waals surface area contributed by atoms with Crippen LogP contribution in [0.1, 0.15) is 43.6 Å². The van der Waals surface area contributed by atoms with Gasteiger partial charge in [-0.05, 0) is 36.6 Å². The van der Waals surface area contributed by atoms with Gasteiger partial charge >= 0.3 is 17.8 Å². The van der Waals surface area contributed by atoms with E-state index in [1.165, 1.54) is 11.0 Å². The monoisotopic (exact) mass is 680 g/mol. The van der Waals surface area contributed by atoms with Gasteiger partial charge in [-0.25, -0.2) is 14.6 Å². The largest absolute Gasteiger partial charge is 0.490 e. The van der Waals surface area contributed by atoms with Gasteiger partial charge in [0.05, 0.1) is 6.54 Å². The number of benzene rings is 2. The first kappa shape index (κ1) is 33.4. The summed E-state index contributed by atoms with van der Waals surface area (Å²) in [6.07, 6.45) is 0.362. The van der Waals surface area contributed by atoms with Crippen LogP contribution in [-0.2, 0) is 24.9 Å². The maximum Gasteiger partial charge on any atom is 0.490 e. The lowest BCUT2D eigenvalue weighted by molar-refractivity contribution is -0.192. The molecule has 0 radical (unpaired) electrons. The molecule has 1 saturated carbocycles. The Kier molecular flexibility index (Phi) is 9.75. The van der Waals surface area contributed by atoms with Crippen molar-refractivity contribution in [1.29, 1.82) is 0 Å². The van der Waals surface area contributed by atoms with E-state index < -0.39 is 23.4 Å². The van der Waals surface area contributed by atoms with E-state index in [1.54, 1.807) is 37.0 Å². The molecule has 4 aromatic rings. The third-order valence-electron chi connectivity index (χ3n) is 7.99. The van der Waals surface area contributed by atoms with Crippen molar-refractivity contribution in [3.63, 3.8) is 0 Å². The molecule has 3 heterocycles. The second-order valence-corrected chi connectivity index (χ2v) is 13.1. The van der Waals surface area contributed by atoms with Gasteiger partial charge < -0.3 is 25.1 Å².